The van der Waals surface area contributed by atoms with Crippen molar-refractivity contribution >= 4 is 34.9 Å². The molecule has 6 rings (SSSR count). The maximum Gasteiger partial charge on any atom is 0.220 e. The number of rotatable bonds is 13. The van der Waals surface area contributed by atoms with Crippen molar-refractivity contribution in [3.05, 3.63) is 87.9 Å². The van der Waals surface area contributed by atoms with Crippen molar-refractivity contribution in [1.29, 1.82) is 0 Å². The summed E-state index contributed by atoms with van der Waals surface area (Å²) in [6, 6.07) is 22.3. The smallest absolute Gasteiger partial charge is 0.220 e. The topological polar surface area (TPSA) is 89.6 Å². The number of methoxy groups -OCH3 is 2. The molecule has 2 N–H and O–H groups in total. The number of ether oxygens (including phenoxy) is 2. The number of nitrogens with zero attached hydrogens (tertiary/aromatic N) is 1. The maximum atomic E-state index is 11.6. The molecule has 1 aromatic heterocycles. The first-order chi connectivity index (χ1) is 23.3. The number of aryl methyl sites for hydroxylation is 1. The number of amides is 1. The van der Waals surface area contributed by atoms with Crippen LogP contribution in [0.5, 0.6) is 11.6 Å². The van der Waals surface area contributed by atoms with E-state index in [1.54, 1.807) is 14.2 Å². The van der Waals surface area contributed by atoms with Crippen LogP contribution < -0.4 is 20.1 Å². The highest BCUT2D eigenvalue weighted by Crippen LogP contribution is 2.43. The molecule has 48 heavy (non-hydrogen) atoms. The van der Waals surface area contributed by atoms with E-state index in [1.165, 1.54) is 0 Å². The monoisotopic (exact) mass is 685 g/mol. The average molecular weight is 687 g/mol. The highest BCUT2D eigenvalue weighted by Gasteiger charge is 2.23. The van der Waals surface area contributed by atoms with Crippen LogP contribution in [0.4, 0.5) is 0 Å². The Morgan fingerprint density at radius 3 is 2.27 bits per heavy atom. The number of carbonyl (C=O) groups is 2. The summed E-state index contributed by atoms with van der Waals surface area (Å²) in [6.45, 7) is 1.48. The SMILES string of the molecule is COc1cc(-c2cccc(-c3cccc(-c4ccc(CCC[C@@H]5CCC(=O)N5)c(OC)n4)c3Cl)c2Cl)ccc1CNC[C@@H]1CCC(=O)C1. The zero-order chi connectivity index (χ0) is 33.6. The molecule has 2 heterocycles. The third kappa shape index (κ3) is 7.70. The van der Waals surface area contributed by atoms with Gasteiger partial charge in [0.15, 0.2) is 0 Å². The molecule has 3 aromatic carbocycles. The minimum Gasteiger partial charge on any atom is -0.496 e. The molecule has 1 aliphatic carbocycles. The maximum absolute atomic E-state index is 11.6. The second-order valence-corrected chi connectivity index (χ2v) is 13.5. The number of Topliss-reactive ketones (excluding diaryl/α,β-unsaturated/α-hetero) is 1. The van der Waals surface area contributed by atoms with E-state index in [-0.39, 0.29) is 11.9 Å². The van der Waals surface area contributed by atoms with Crippen molar-refractivity contribution in [1.82, 2.24) is 15.6 Å². The lowest BCUT2D eigenvalue weighted by Gasteiger charge is -2.16. The van der Waals surface area contributed by atoms with Gasteiger partial charge in [-0.05, 0) is 62.3 Å². The summed E-state index contributed by atoms with van der Waals surface area (Å²) in [5.74, 6) is 2.27. The molecule has 4 aromatic rings. The number of benzene rings is 3. The number of nitrogens with one attached hydrogen (secondary N) is 2. The van der Waals surface area contributed by atoms with Crippen LogP contribution in [-0.4, -0.2) is 43.5 Å². The average Bonchev–Trinajstić information content (AvgIpc) is 3.72. The van der Waals surface area contributed by atoms with Crippen LogP contribution in [-0.2, 0) is 22.6 Å². The Hall–Kier alpha value is -3.91. The Morgan fingerprint density at radius 1 is 0.854 bits per heavy atom. The summed E-state index contributed by atoms with van der Waals surface area (Å²) in [6.07, 6.45) is 6.53. The molecule has 0 spiro atoms. The minimum absolute atomic E-state index is 0.143. The lowest BCUT2D eigenvalue weighted by molar-refractivity contribution is -0.119. The lowest BCUT2D eigenvalue weighted by atomic mass is 9.96. The number of pyridine rings is 1. The fraction of sp³-hybridized carbons (Fsp3) is 0.359. The second kappa shape index (κ2) is 15.5. The van der Waals surface area contributed by atoms with E-state index in [0.717, 1.165) is 83.3 Å². The number of hydrogen-bond acceptors (Lipinski definition) is 6. The Labute approximate surface area is 292 Å². The van der Waals surface area contributed by atoms with E-state index in [9.17, 15) is 9.59 Å². The van der Waals surface area contributed by atoms with Crippen LogP contribution >= 0.6 is 23.2 Å². The van der Waals surface area contributed by atoms with Crippen LogP contribution in [0.2, 0.25) is 10.0 Å². The molecular formula is C39H41Cl2N3O4. The fourth-order valence-electron chi connectivity index (χ4n) is 6.85. The van der Waals surface area contributed by atoms with Gasteiger partial charge in [0.1, 0.15) is 11.5 Å². The quantitative estimate of drug-likeness (QED) is 0.147. The molecule has 1 amide bonds. The second-order valence-electron chi connectivity index (χ2n) is 12.7. The van der Waals surface area contributed by atoms with Gasteiger partial charge in [-0.3, -0.25) is 9.59 Å². The highest BCUT2D eigenvalue weighted by molar-refractivity contribution is 6.39. The lowest BCUT2D eigenvalue weighted by Crippen LogP contribution is -2.25. The Kier molecular flexibility index (Phi) is 11.0. The van der Waals surface area contributed by atoms with E-state index < -0.39 is 0 Å². The van der Waals surface area contributed by atoms with Gasteiger partial charge in [-0.25, -0.2) is 4.98 Å². The molecule has 0 radical (unpaired) electrons. The standard InChI is InChI=1S/C39H41Cl2N3O4/c1-47-35-21-26(13-14-27(35)23-42-22-24-12-17-29(45)20-24)30-8-4-9-31(37(30)40)32-10-5-11-33(38(32)41)34-18-15-25(39(44-34)48-2)6-3-7-28-16-19-36(46)43-28/h4-5,8-11,13-15,18,21,24,28,42H,3,6-7,12,16-17,19-20,22-23H2,1-2H3,(H,43,46)/t24-,28-/m1/s1. The summed E-state index contributed by atoms with van der Waals surface area (Å²) >= 11 is 14.2. The van der Waals surface area contributed by atoms with Gasteiger partial charge in [-0.1, -0.05) is 77.8 Å². The van der Waals surface area contributed by atoms with Gasteiger partial charge >= 0.3 is 0 Å². The molecule has 1 saturated carbocycles. The Balaban J connectivity index is 1.20. The first kappa shape index (κ1) is 34.0. The molecule has 1 aliphatic heterocycles. The zero-order valence-electron chi connectivity index (χ0n) is 27.4. The summed E-state index contributed by atoms with van der Waals surface area (Å²) < 4.78 is 11.5. The molecule has 2 fully saturated rings. The van der Waals surface area contributed by atoms with Crippen LogP contribution in [0.3, 0.4) is 0 Å². The molecule has 9 heteroatoms. The Morgan fingerprint density at radius 2 is 1.58 bits per heavy atom. The van der Waals surface area contributed by atoms with Crippen molar-refractivity contribution in [2.24, 2.45) is 5.92 Å². The van der Waals surface area contributed by atoms with E-state index in [1.807, 2.05) is 54.6 Å². The fourth-order valence-corrected chi connectivity index (χ4v) is 7.52. The summed E-state index contributed by atoms with van der Waals surface area (Å²) in [7, 11) is 3.31. The van der Waals surface area contributed by atoms with E-state index >= 15 is 0 Å². The number of halogens is 2. The van der Waals surface area contributed by atoms with Crippen molar-refractivity contribution < 1.29 is 19.1 Å². The number of ketones is 1. The van der Waals surface area contributed by atoms with E-state index in [4.69, 9.17) is 37.7 Å². The number of hydrogen-bond donors (Lipinski definition) is 2. The molecular weight excluding hydrogens is 645 g/mol. The third-order valence-electron chi connectivity index (χ3n) is 9.47. The van der Waals surface area contributed by atoms with Crippen molar-refractivity contribution in [2.75, 3.05) is 20.8 Å². The van der Waals surface area contributed by atoms with E-state index in [2.05, 4.69) is 22.8 Å². The molecule has 2 aliphatic rings. The van der Waals surface area contributed by atoms with Crippen molar-refractivity contribution in [3.8, 4) is 45.1 Å². The molecule has 0 bridgehead atoms. The predicted octanol–water partition coefficient (Wildman–Crippen LogP) is 8.47. The minimum atomic E-state index is 0.143. The molecule has 0 unspecified atom stereocenters. The Bertz CT molecular complexity index is 1680. The van der Waals surface area contributed by atoms with Crippen LogP contribution in [0, 0.1) is 5.92 Å². The molecule has 7 nitrogen and oxygen atoms in total. The largest absolute Gasteiger partial charge is 0.496 e. The number of aromatic nitrogens is 1. The van der Waals surface area contributed by atoms with Gasteiger partial charge in [-0.15, -0.1) is 0 Å². The molecule has 2 atom stereocenters. The summed E-state index contributed by atoms with van der Waals surface area (Å²) in [5, 5.41) is 7.68. The van der Waals surface area contributed by atoms with Crippen LogP contribution in [0.25, 0.3) is 33.5 Å². The van der Waals surface area contributed by atoms with Crippen LogP contribution in [0.1, 0.15) is 56.1 Å². The van der Waals surface area contributed by atoms with E-state index in [0.29, 0.717) is 59.1 Å². The van der Waals surface area contributed by atoms with Gasteiger partial charge in [0, 0.05) is 65.2 Å². The van der Waals surface area contributed by atoms with Gasteiger partial charge < -0.3 is 20.1 Å². The van der Waals surface area contributed by atoms with Crippen molar-refractivity contribution in [2.45, 2.75) is 64.0 Å². The normalized spacial score (nSPS) is 17.5. The molecule has 1 saturated heterocycles. The molecule has 250 valence electrons. The zero-order valence-corrected chi connectivity index (χ0v) is 28.9. The van der Waals surface area contributed by atoms with Gasteiger partial charge in [0.2, 0.25) is 11.8 Å². The van der Waals surface area contributed by atoms with Gasteiger partial charge in [0.25, 0.3) is 0 Å². The van der Waals surface area contributed by atoms with Gasteiger partial charge in [0.05, 0.1) is 30.0 Å². The van der Waals surface area contributed by atoms with Crippen molar-refractivity contribution in [3.63, 3.8) is 0 Å². The van der Waals surface area contributed by atoms with Crippen LogP contribution in [0.15, 0.2) is 66.7 Å². The third-order valence-corrected chi connectivity index (χ3v) is 10.3. The predicted molar refractivity (Wildman–Crippen MR) is 192 cm³/mol. The first-order valence-corrected chi connectivity index (χ1v) is 17.4. The summed E-state index contributed by atoms with van der Waals surface area (Å²) in [4.78, 5) is 28.0. The summed E-state index contributed by atoms with van der Waals surface area (Å²) in [5.41, 5.74) is 7.01. The highest BCUT2D eigenvalue weighted by atomic mass is 35.5. The first-order valence-electron chi connectivity index (χ1n) is 16.6. The van der Waals surface area contributed by atoms with Gasteiger partial charge in [-0.2, -0.15) is 0 Å². The number of carbonyl (C=O) groups excluding carboxylic acids is 2.